The normalized spacial score (nSPS) is 14.2. The summed E-state index contributed by atoms with van der Waals surface area (Å²) in [4.78, 5) is 17.8. The quantitative estimate of drug-likeness (QED) is 0.413. The number of aromatic nitrogens is 3. The first-order valence-corrected chi connectivity index (χ1v) is 9.83. The smallest absolute Gasteiger partial charge is 0.381 e. The molecule has 0 bridgehead atoms. The molecule has 1 N–H and O–H groups in total. The summed E-state index contributed by atoms with van der Waals surface area (Å²) in [5, 5.41) is 24.8. The number of hydrogen-bond acceptors (Lipinski definition) is 5. The van der Waals surface area contributed by atoms with E-state index in [4.69, 9.17) is 0 Å². The number of nitriles is 1. The van der Waals surface area contributed by atoms with Crippen LogP contribution in [0.15, 0.2) is 55.1 Å². The summed E-state index contributed by atoms with van der Waals surface area (Å²) in [6.45, 7) is 0.321. The lowest BCUT2D eigenvalue weighted by atomic mass is 9.85. The standard InChI is InChI=1S/C22H18F5N5O2/c1-14(32(9-8-28)20(33)15-2-4-16(5-3-15)22(25,26)27)21(34,11-31-13-29-12-30-31)18-7-6-17(23)10-19(18)24/h2-7,10,12-14,34H,9,11H2,1H3. The van der Waals surface area contributed by atoms with E-state index in [0.717, 1.165) is 40.2 Å². The molecule has 0 saturated carbocycles. The lowest BCUT2D eigenvalue weighted by Crippen LogP contribution is -2.54. The molecular formula is C22H18F5N5O2. The van der Waals surface area contributed by atoms with Gasteiger partial charge in [-0.25, -0.2) is 18.4 Å². The van der Waals surface area contributed by atoms with Gasteiger partial charge in [-0.2, -0.15) is 23.5 Å². The van der Waals surface area contributed by atoms with E-state index >= 15 is 0 Å². The van der Waals surface area contributed by atoms with Crippen molar-refractivity contribution in [2.45, 2.75) is 31.3 Å². The van der Waals surface area contributed by atoms with Crippen LogP contribution >= 0.6 is 0 Å². The molecule has 1 amide bonds. The summed E-state index contributed by atoms with van der Waals surface area (Å²) in [5.41, 5.74) is -3.76. The summed E-state index contributed by atoms with van der Waals surface area (Å²) in [6, 6.07) is 6.24. The van der Waals surface area contributed by atoms with Crippen molar-refractivity contribution in [3.63, 3.8) is 0 Å². The van der Waals surface area contributed by atoms with Crippen LogP contribution < -0.4 is 0 Å². The number of carbonyl (C=O) groups excluding carboxylic acids is 1. The van der Waals surface area contributed by atoms with Gasteiger partial charge in [-0.05, 0) is 37.3 Å². The van der Waals surface area contributed by atoms with Crippen molar-refractivity contribution < 1.29 is 31.9 Å². The molecule has 178 valence electrons. The average molecular weight is 479 g/mol. The van der Waals surface area contributed by atoms with Gasteiger partial charge >= 0.3 is 6.18 Å². The Morgan fingerprint density at radius 3 is 2.41 bits per heavy atom. The van der Waals surface area contributed by atoms with Crippen LogP contribution in [0.5, 0.6) is 0 Å². The van der Waals surface area contributed by atoms with Crippen molar-refractivity contribution >= 4 is 5.91 Å². The van der Waals surface area contributed by atoms with E-state index in [9.17, 15) is 37.1 Å². The Labute approximate surface area is 190 Å². The monoisotopic (exact) mass is 479 g/mol. The zero-order valence-electron chi connectivity index (χ0n) is 17.7. The van der Waals surface area contributed by atoms with Crippen LogP contribution in [0.3, 0.4) is 0 Å². The maximum absolute atomic E-state index is 14.7. The van der Waals surface area contributed by atoms with E-state index in [2.05, 4.69) is 10.1 Å². The molecular weight excluding hydrogens is 461 g/mol. The van der Waals surface area contributed by atoms with Crippen LogP contribution in [0.1, 0.15) is 28.4 Å². The van der Waals surface area contributed by atoms with Crippen molar-refractivity contribution in [1.82, 2.24) is 19.7 Å². The molecule has 7 nitrogen and oxygen atoms in total. The summed E-state index contributed by atoms with van der Waals surface area (Å²) in [7, 11) is 0. The third-order valence-electron chi connectivity index (χ3n) is 5.39. The van der Waals surface area contributed by atoms with E-state index in [1.807, 2.05) is 0 Å². The largest absolute Gasteiger partial charge is 0.416 e. The Balaban J connectivity index is 2.04. The minimum Gasteiger partial charge on any atom is -0.381 e. The van der Waals surface area contributed by atoms with Crippen LogP contribution in [-0.4, -0.2) is 43.3 Å². The molecule has 2 unspecified atom stereocenters. The predicted molar refractivity (Wildman–Crippen MR) is 108 cm³/mol. The molecule has 1 aromatic heterocycles. The van der Waals surface area contributed by atoms with Crippen LogP contribution in [-0.2, 0) is 18.3 Å². The lowest BCUT2D eigenvalue weighted by Gasteiger charge is -2.40. The molecule has 0 radical (unpaired) electrons. The van der Waals surface area contributed by atoms with Gasteiger partial charge in [0.2, 0.25) is 0 Å². The third kappa shape index (κ3) is 5.04. The second kappa shape index (κ2) is 9.56. The summed E-state index contributed by atoms with van der Waals surface area (Å²) >= 11 is 0. The summed E-state index contributed by atoms with van der Waals surface area (Å²) < 4.78 is 68.0. The van der Waals surface area contributed by atoms with Crippen LogP contribution in [0, 0.1) is 23.0 Å². The highest BCUT2D eigenvalue weighted by molar-refractivity contribution is 5.94. The molecule has 0 aliphatic rings. The fourth-order valence-corrected chi connectivity index (χ4v) is 3.53. The second-order valence-corrected chi connectivity index (χ2v) is 7.48. The highest BCUT2D eigenvalue weighted by Gasteiger charge is 2.44. The van der Waals surface area contributed by atoms with E-state index in [-0.39, 0.29) is 11.1 Å². The maximum atomic E-state index is 14.7. The number of carbonyl (C=O) groups is 1. The summed E-state index contributed by atoms with van der Waals surface area (Å²) in [5.74, 6) is -2.87. The first-order valence-electron chi connectivity index (χ1n) is 9.83. The van der Waals surface area contributed by atoms with Crippen LogP contribution in [0.2, 0.25) is 0 Å². The van der Waals surface area contributed by atoms with Crippen LogP contribution in [0.25, 0.3) is 0 Å². The van der Waals surface area contributed by atoms with E-state index in [1.165, 1.54) is 13.3 Å². The Morgan fingerprint density at radius 1 is 1.21 bits per heavy atom. The molecule has 3 rings (SSSR count). The molecule has 2 aromatic carbocycles. The van der Waals surface area contributed by atoms with E-state index < -0.39 is 54.0 Å². The Kier molecular flexibility index (Phi) is 6.97. The Hall–Kier alpha value is -3.85. The third-order valence-corrected chi connectivity index (χ3v) is 5.39. The Morgan fingerprint density at radius 2 is 1.88 bits per heavy atom. The van der Waals surface area contributed by atoms with Gasteiger partial charge in [-0.15, -0.1) is 0 Å². The Bertz CT molecular complexity index is 1190. The number of rotatable bonds is 7. The van der Waals surface area contributed by atoms with E-state index in [0.29, 0.717) is 18.2 Å². The highest BCUT2D eigenvalue weighted by atomic mass is 19.4. The van der Waals surface area contributed by atoms with Gasteiger partial charge in [-0.3, -0.25) is 4.79 Å². The predicted octanol–water partition coefficient (Wildman–Crippen LogP) is 3.52. The van der Waals surface area contributed by atoms with Crippen molar-refractivity contribution in [2.75, 3.05) is 6.54 Å². The zero-order chi connectivity index (χ0) is 25.1. The fourth-order valence-electron chi connectivity index (χ4n) is 3.53. The first kappa shape index (κ1) is 24.8. The molecule has 3 aromatic rings. The molecule has 0 fully saturated rings. The topological polar surface area (TPSA) is 95.0 Å². The number of nitrogens with zero attached hydrogens (tertiary/aromatic N) is 5. The fraction of sp³-hybridized carbons (Fsp3) is 0.273. The molecule has 1 heterocycles. The highest BCUT2D eigenvalue weighted by Crippen LogP contribution is 2.34. The first-order chi connectivity index (χ1) is 16.0. The number of aliphatic hydroxyl groups is 1. The molecule has 0 aliphatic heterocycles. The average Bonchev–Trinajstić information content (AvgIpc) is 3.28. The number of alkyl halides is 3. The number of amides is 1. The summed E-state index contributed by atoms with van der Waals surface area (Å²) in [6.07, 6.45) is -2.22. The van der Waals surface area contributed by atoms with Gasteiger partial charge in [0.1, 0.15) is 36.4 Å². The number of hydrogen-bond donors (Lipinski definition) is 1. The maximum Gasteiger partial charge on any atom is 0.416 e. The van der Waals surface area contributed by atoms with Gasteiger partial charge in [0.15, 0.2) is 0 Å². The van der Waals surface area contributed by atoms with Gasteiger partial charge in [0.25, 0.3) is 5.91 Å². The van der Waals surface area contributed by atoms with Gasteiger partial charge in [-0.1, -0.05) is 6.07 Å². The molecule has 0 saturated heterocycles. The van der Waals surface area contributed by atoms with Gasteiger partial charge in [0, 0.05) is 17.2 Å². The molecule has 2 atom stereocenters. The van der Waals surface area contributed by atoms with Crippen molar-refractivity contribution in [2.24, 2.45) is 0 Å². The molecule has 12 heteroatoms. The number of benzene rings is 2. The van der Waals surface area contributed by atoms with Gasteiger partial charge in [0.05, 0.1) is 24.2 Å². The minimum absolute atomic E-state index is 0.183. The SMILES string of the molecule is CC(N(CC#N)C(=O)c1ccc(C(F)(F)F)cc1)C(O)(Cn1cncn1)c1ccc(F)cc1F. The molecule has 34 heavy (non-hydrogen) atoms. The zero-order valence-corrected chi connectivity index (χ0v) is 17.7. The van der Waals surface area contributed by atoms with Crippen LogP contribution in [0.4, 0.5) is 22.0 Å². The van der Waals surface area contributed by atoms with Crippen molar-refractivity contribution in [1.29, 1.82) is 5.26 Å². The van der Waals surface area contributed by atoms with Crippen molar-refractivity contribution in [3.05, 3.63) is 83.4 Å². The minimum atomic E-state index is -4.61. The van der Waals surface area contributed by atoms with Gasteiger partial charge < -0.3 is 10.0 Å². The molecule has 0 aliphatic carbocycles. The molecule has 0 spiro atoms. The second-order valence-electron chi connectivity index (χ2n) is 7.48. The number of halogens is 5. The van der Waals surface area contributed by atoms with E-state index in [1.54, 1.807) is 6.07 Å². The lowest BCUT2D eigenvalue weighted by molar-refractivity contribution is -0.137. The van der Waals surface area contributed by atoms with Crippen molar-refractivity contribution in [3.8, 4) is 6.07 Å².